The predicted octanol–water partition coefficient (Wildman–Crippen LogP) is 13.7. The van der Waals surface area contributed by atoms with E-state index in [4.69, 9.17) is 22.3 Å². The van der Waals surface area contributed by atoms with E-state index in [1.165, 1.54) is 45.3 Å². The van der Waals surface area contributed by atoms with Crippen molar-refractivity contribution in [3.63, 3.8) is 0 Å². The minimum Gasteiger partial charge on any atom is -0.399 e. The van der Waals surface area contributed by atoms with Gasteiger partial charge in [0.2, 0.25) is 29.7 Å². The van der Waals surface area contributed by atoms with Crippen molar-refractivity contribution >= 4 is 225 Å². The van der Waals surface area contributed by atoms with Gasteiger partial charge >= 0.3 is 0 Å². The number of rotatable bonds is 12. The topological polar surface area (TPSA) is 348 Å². The molecule has 2 saturated heterocycles. The van der Waals surface area contributed by atoms with Gasteiger partial charge < -0.3 is 91.3 Å². The number of alkyl halides is 1. The summed E-state index contributed by atoms with van der Waals surface area (Å²) in [5.74, 6) is 3.76. The lowest BCUT2D eigenvalue weighted by Crippen LogP contribution is -2.47. The first kappa shape index (κ1) is 80.2. The van der Waals surface area contributed by atoms with Crippen molar-refractivity contribution in [2.75, 3.05) is 185 Å². The molecule has 604 valence electrons. The van der Waals surface area contributed by atoms with E-state index < -0.39 is 0 Å². The first-order valence-electron chi connectivity index (χ1n) is 37.3. The average molecular weight is 1680 g/mol. The van der Waals surface area contributed by atoms with Crippen LogP contribution in [0.15, 0.2) is 168 Å². The fourth-order valence-corrected chi connectivity index (χ4v) is 17.4. The summed E-state index contributed by atoms with van der Waals surface area (Å²) >= 11 is 11.2. The first-order valence-corrected chi connectivity index (χ1v) is 41.4. The number of fused-ring (bicyclic) bond motifs is 8. The monoisotopic (exact) mass is 1680 g/mol. The van der Waals surface area contributed by atoms with Gasteiger partial charge in [0.25, 0.3) is 29.5 Å². The first-order chi connectivity index (χ1) is 56.9. The van der Waals surface area contributed by atoms with Crippen molar-refractivity contribution in [1.29, 1.82) is 0 Å². The van der Waals surface area contributed by atoms with Crippen LogP contribution in [-0.2, 0) is 4.79 Å². The molecule has 37 heteroatoms. The molecule has 4 aromatic carbocycles. The number of halogens is 1. The second-order valence-electron chi connectivity index (χ2n) is 28.2. The summed E-state index contributed by atoms with van der Waals surface area (Å²) in [6.07, 6.45) is 8.06. The number of likely N-dealkylation sites (N-methyl/N-ethyl adjacent to an activating group) is 1. The van der Waals surface area contributed by atoms with Crippen molar-refractivity contribution in [3.8, 4) is 0 Å². The summed E-state index contributed by atoms with van der Waals surface area (Å²) in [6.45, 7) is 5.01. The van der Waals surface area contributed by atoms with Gasteiger partial charge in [0.15, 0.2) is 23.3 Å². The molecule has 32 nitrogen and oxygen atoms in total. The number of amides is 6. The standard InChI is InChI=1S/C23H25N7O2S.C22H24N6O2S.C19H17ClN6O2S.C17H16N6OS/c1-27-9-11-30(12-10-27)21(31)15-4-6-16(7-5-15)25-23-24-14-18-20(26-23)28(2)17-8-13-33-19(17)22(32)29(18)3;1-26-17-9-12-31-19(17)21(30)27(2)18-13-23-22(25-20(18)26)24-14-3-5-15(6-4-14)28-10-7-16(29)8-11-28;1-25-13-7-8-29-16(13)18(28)26(2)14-10-21-19(24-17(14)25)23-12-5-3-11(4-6-12)22-15(27)9-20;1-22-12-7-8-25-14(12)16(24)23(2)13-9-19-17(21-15(13)22)20-11-5-3-10(18)4-6-11/h4-8,13-14H,9-12H2,1-3H3,(H,24,25,26);3-6,9,12-13,16,29H,7-8,10-11H2,1-2H3,(H,23,24,25);3-8,10H,9H2,1-2H3,(H,22,27)(H,21,23,24);3-9H,18H2,1-2H3,(H,19,20,21). The van der Waals surface area contributed by atoms with Crippen molar-refractivity contribution in [1.82, 2.24) is 49.7 Å². The van der Waals surface area contributed by atoms with E-state index in [2.05, 4.69) is 90.5 Å². The van der Waals surface area contributed by atoms with Crippen molar-refractivity contribution in [2.24, 2.45) is 0 Å². The molecule has 6 aliphatic heterocycles. The van der Waals surface area contributed by atoms with Crippen LogP contribution >= 0.6 is 56.9 Å². The fraction of sp³-hybridized carbons (Fsp3) is 0.235. The molecule has 0 aliphatic carbocycles. The highest BCUT2D eigenvalue weighted by atomic mass is 35.5. The number of hydrogen-bond donors (Lipinski definition) is 7. The lowest BCUT2D eigenvalue weighted by atomic mass is 10.1. The van der Waals surface area contributed by atoms with E-state index in [9.17, 15) is 33.9 Å². The summed E-state index contributed by atoms with van der Waals surface area (Å²) in [4.78, 5) is 134. The lowest BCUT2D eigenvalue weighted by molar-refractivity contribution is -0.113. The fourth-order valence-electron chi connectivity index (χ4n) is 13.7. The molecule has 8 N–H and O–H groups in total. The van der Waals surface area contributed by atoms with Crippen LogP contribution in [-0.4, -0.2) is 205 Å². The minimum atomic E-state index is -0.268. The number of anilines is 23. The second kappa shape index (κ2) is 34.5. The van der Waals surface area contributed by atoms with Gasteiger partial charge in [0, 0.05) is 141 Å². The number of aliphatic hydroxyl groups excluding tert-OH is 1. The summed E-state index contributed by atoms with van der Waals surface area (Å²) in [5, 5.41) is 32.8. The van der Waals surface area contributed by atoms with Crippen LogP contribution in [0.1, 0.15) is 61.9 Å². The zero-order valence-electron chi connectivity index (χ0n) is 65.6. The van der Waals surface area contributed by atoms with Gasteiger partial charge in [-0.2, -0.15) is 19.9 Å². The molecule has 0 spiro atoms. The van der Waals surface area contributed by atoms with E-state index in [1.54, 1.807) is 96.8 Å². The zero-order valence-corrected chi connectivity index (χ0v) is 69.6. The molecule has 12 aromatic rings. The molecule has 14 heterocycles. The van der Waals surface area contributed by atoms with E-state index in [1.807, 2.05) is 159 Å². The van der Waals surface area contributed by atoms with E-state index in [0.717, 1.165) is 103 Å². The third-order valence-corrected chi connectivity index (χ3v) is 24.4. The van der Waals surface area contributed by atoms with Crippen LogP contribution in [0.3, 0.4) is 0 Å². The molecule has 0 atom stereocenters. The number of nitrogens with two attached hydrogens (primary N) is 1. The van der Waals surface area contributed by atoms with Crippen LogP contribution in [0.25, 0.3) is 0 Å². The number of nitrogen functional groups attached to an aromatic ring is 1. The van der Waals surface area contributed by atoms with Gasteiger partial charge in [-0.15, -0.1) is 56.9 Å². The molecule has 0 unspecified atom stereocenters. The molecule has 18 rings (SSSR count). The van der Waals surface area contributed by atoms with Crippen LogP contribution in [0.2, 0.25) is 0 Å². The third kappa shape index (κ3) is 16.8. The molecule has 6 aliphatic rings. The summed E-state index contributed by atoms with van der Waals surface area (Å²) < 4.78 is 0. The highest BCUT2D eigenvalue weighted by Crippen LogP contribution is 2.45. The summed E-state index contributed by atoms with van der Waals surface area (Å²) in [6, 6.07) is 37.7. The summed E-state index contributed by atoms with van der Waals surface area (Å²) in [5.41, 5.74) is 18.1. The lowest BCUT2D eigenvalue weighted by Gasteiger charge is -2.32. The summed E-state index contributed by atoms with van der Waals surface area (Å²) in [7, 11) is 16.6. The Labute approximate surface area is 700 Å². The number of carbonyl (C=O) groups excluding carboxylic acids is 6. The van der Waals surface area contributed by atoms with E-state index >= 15 is 0 Å². The molecule has 8 aromatic heterocycles. The molecule has 0 bridgehead atoms. The van der Waals surface area contributed by atoms with Gasteiger partial charge in [-0.1, -0.05) is 0 Å². The molecule has 0 radical (unpaired) electrons. The van der Waals surface area contributed by atoms with E-state index in [-0.39, 0.29) is 47.4 Å². The van der Waals surface area contributed by atoms with E-state index in [0.29, 0.717) is 106 Å². The predicted molar refractivity (Wildman–Crippen MR) is 472 cm³/mol. The number of aromatic nitrogens is 8. The van der Waals surface area contributed by atoms with Crippen LogP contribution in [0, 0.1) is 0 Å². The molecular weight excluding hydrogens is 1600 g/mol. The quantitative estimate of drug-likeness (QED) is 0.0441. The highest BCUT2D eigenvalue weighted by molar-refractivity contribution is 7.14. The number of thiophene rings is 4. The Morgan fingerprint density at radius 3 is 1.04 bits per heavy atom. The van der Waals surface area contributed by atoms with Crippen molar-refractivity contribution < 1.29 is 33.9 Å². The smallest absolute Gasteiger partial charge is 0.270 e. The molecule has 6 amide bonds. The Morgan fingerprint density at radius 1 is 0.407 bits per heavy atom. The Balaban J connectivity index is 0.000000124. The largest absolute Gasteiger partial charge is 0.399 e. The number of nitrogens with zero attached hydrogens (tertiary/aromatic N) is 19. The minimum absolute atomic E-state index is 0.0526. The van der Waals surface area contributed by atoms with Crippen LogP contribution < -0.4 is 76.4 Å². The van der Waals surface area contributed by atoms with Gasteiger partial charge in [-0.05, 0) is 163 Å². The maximum Gasteiger partial charge on any atom is 0.270 e. The third-order valence-electron chi connectivity index (χ3n) is 20.6. The van der Waals surface area contributed by atoms with Crippen molar-refractivity contribution in [3.05, 3.63) is 193 Å². The SMILES string of the molecule is CN1C(=O)c2sccc2N(C)c2nc(Nc3ccc(N)cc3)ncc21.CN1C(=O)c2sccc2N(C)c2nc(Nc3ccc(N4CCC(O)CC4)cc3)ncc21.CN1C(=O)c2sccc2N(C)c2nc(Nc3ccc(NC(=O)CCl)cc3)ncc21.CN1CCN(C(=O)c2ccc(Nc3ncc4c(n3)N(C)c3ccsc3C(=O)N4C)cc2)CC1. The molecule has 0 saturated carbocycles. The number of piperidine rings is 1. The second-order valence-corrected chi connectivity index (χ2v) is 32.1. The number of benzene rings is 4. The molecule has 2 fully saturated rings. The molecule has 118 heavy (non-hydrogen) atoms. The number of nitrogens with one attached hydrogen (secondary N) is 5. The van der Waals surface area contributed by atoms with Crippen LogP contribution in [0.4, 0.5) is 132 Å². The van der Waals surface area contributed by atoms with Gasteiger partial charge in [0.1, 0.15) is 48.1 Å². The maximum absolute atomic E-state index is 12.8. The Bertz CT molecular complexity index is 5740. The normalized spacial score (nSPS) is 14.9. The number of aliphatic hydroxyl groups is 1. The number of carbonyl (C=O) groups is 6. The van der Waals surface area contributed by atoms with Crippen LogP contribution in [0.5, 0.6) is 0 Å². The number of piperazine rings is 1. The average Bonchev–Trinajstić information content (AvgIpc) is 1.52. The van der Waals surface area contributed by atoms with Gasteiger partial charge in [-0.3, -0.25) is 28.8 Å². The Morgan fingerprint density at radius 2 is 0.712 bits per heavy atom. The van der Waals surface area contributed by atoms with Crippen molar-refractivity contribution in [2.45, 2.75) is 18.9 Å². The molecular formula is C81H82ClN25O7S4. The van der Waals surface area contributed by atoms with Gasteiger partial charge in [-0.25, -0.2) is 19.9 Å². The highest BCUT2D eigenvalue weighted by Gasteiger charge is 2.35. The Hall–Kier alpha value is -13.0. The maximum atomic E-state index is 12.8. The Kier molecular flexibility index (Phi) is 23.4. The number of hydrogen-bond acceptors (Lipinski definition) is 30. The zero-order chi connectivity index (χ0) is 82.7. The van der Waals surface area contributed by atoms with Gasteiger partial charge in [0.05, 0.1) is 53.6 Å².